The third-order valence-electron chi connectivity index (χ3n) is 1.99. The highest BCUT2D eigenvalue weighted by Gasteiger charge is 2.14. The van der Waals surface area contributed by atoms with E-state index in [2.05, 4.69) is 15.1 Å². The number of carboxylic acids is 1. The Hall–Kier alpha value is -2.64. The summed E-state index contributed by atoms with van der Waals surface area (Å²) in [6, 6.07) is 0. The SMILES string of the molecule is COc1cncc(-n2cc(N)c(C(=O)O)n2)n1. The van der Waals surface area contributed by atoms with E-state index < -0.39 is 5.97 Å². The van der Waals surface area contributed by atoms with Crippen molar-refractivity contribution < 1.29 is 14.6 Å². The number of methoxy groups -OCH3 is 1. The summed E-state index contributed by atoms with van der Waals surface area (Å²) in [5.41, 5.74) is 5.34. The maximum atomic E-state index is 10.8. The fraction of sp³-hybridized carbons (Fsp3) is 0.111. The van der Waals surface area contributed by atoms with Crippen LogP contribution >= 0.6 is 0 Å². The minimum absolute atomic E-state index is 0.0575. The van der Waals surface area contributed by atoms with E-state index in [1.807, 2.05) is 0 Å². The minimum Gasteiger partial charge on any atom is -0.480 e. The molecule has 0 unspecified atom stereocenters. The lowest BCUT2D eigenvalue weighted by molar-refractivity contribution is 0.0691. The third kappa shape index (κ3) is 2.00. The Morgan fingerprint density at radius 1 is 1.53 bits per heavy atom. The Balaban J connectivity index is 2.46. The van der Waals surface area contributed by atoms with Crippen molar-refractivity contribution in [2.24, 2.45) is 0 Å². The van der Waals surface area contributed by atoms with Gasteiger partial charge in [0, 0.05) is 0 Å². The summed E-state index contributed by atoms with van der Waals surface area (Å²) < 4.78 is 6.13. The molecule has 0 aliphatic heterocycles. The van der Waals surface area contributed by atoms with Gasteiger partial charge in [0.05, 0.1) is 31.4 Å². The number of nitrogen functional groups attached to an aromatic ring is 1. The first-order chi connectivity index (χ1) is 8.11. The first-order valence-electron chi connectivity index (χ1n) is 4.56. The van der Waals surface area contributed by atoms with Crippen molar-refractivity contribution in [3.05, 3.63) is 24.3 Å². The van der Waals surface area contributed by atoms with Gasteiger partial charge in [-0.2, -0.15) is 10.1 Å². The second-order valence-corrected chi connectivity index (χ2v) is 3.10. The number of aromatic carboxylic acids is 1. The maximum Gasteiger partial charge on any atom is 0.358 e. The summed E-state index contributed by atoms with van der Waals surface area (Å²) in [6.45, 7) is 0. The summed E-state index contributed by atoms with van der Waals surface area (Å²) in [4.78, 5) is 18.7. The lowest BCUT2D eigenvalue weighted by Gasteiger charge is -2.01. The van der Waals surface area contributed by atoms with Gasteiger partial charge in [0.15, 0.2) is 11.5 Å². The van der Waals surface area contributed by atoms with Gasteiger partial charge in [-0.05, 0) is 0 Å². The van der Waals surface area contributed by atoms with Gasteiger partial charge in [0.1, 0.15) is 0 Å². The Bertz CT molecular complexity index is 566. The number of carboxylic acid groups (broad SMARTS) is 1. The highest BCUT2D eigenvalue weighted by molar-refractivity contribution is 5.91. The van der Waals surface area contributed by atoms with Crippen LogP contribution in [0.25, 0.3) is 5.82 Å². The topological polar surface area (TPSA) is 116 Å². The maximum absolute atomic E-state index is 10.8. The monoisotopic (exact) mass is 235 g/mol. The Morgan fingerprint density at radius 3 is 2.88 bits per heavy atom. The molecule has 0 atom stereocenters. The molecule has 0 aliphatic rings. The van der Waals surface area contributed by atoms with Crippen molar-refractivity contribution in [3.8, 4) is 11.7 Å². The number of nitrogens with zero attached hydrogens (tertiary/aromatic N) is 4. The molecule has 0 spiro atoms. The van der Waals surface area contributed by atoms with Crippen LogP contribution in [0.3, 0.4) is 0 Å². The average molecular weight is 235 g/mol. The molecule has 8 nitrogen and oxygen atoms in total. The first kappa shape index (κ1) is 10.9. The molecular weight excluding hydrogens is 226 g/mol. The Labute approximate surface area is 95.7 Å². The van der Waals surface area contributed by atoms with E-state index >= 15 is 0 Å². The number of aromatic nitrogens is 4. The molecule has 3 N–H and O–H groups in total. The number of nitrogens with two attached hydrogens (primary N) is 1. The zero-order valence-electron chi connectivity index (χ0n) is 8.86. The van der Waals surface area contributed by atoms with Gasteiger partial charge in [-0.25, -0.2) is 9.48 Å². The van der Waals surface area contributed by atoms with Crippen LogP contribution in [0.15, 0.2) is 18.6 Å². The summed E-state index contributed by atoms with van der Waals surface area (Å²) in [6.07, 6.45) is 4.20. The zero-order chi connectivity index (χ0) is 12.4. The minimum atomic E-state index is -1.20. The molecule has 0 radical (unpaired) electrons. The fourth-order valence-corrected chi connectivity index (χ4v) is 1.22. The third-order valence-corrected chi connectivity index (χ3v) is 1.99. The zero-order valence-corrected chi connectivity index (χ0v) is 8.86. The van der Waals surface area contributed by atoms with Crippen LogP contribution in [0.4, 0.5) is 5.69 Å². The molecule has 2 aromatic heterocycles. The van der Waals surface area contributed by atoms with Gasteiger partial charge in [-0.15, -0.1) is 0 Å². The predicted molar refractivity (Wildman–Crippen MR) is 57.1 cm³/mol. The largest absolute Gasteiger partial charge is 0.480 e. The number of ether oxygens (including phenoxy) is 1. The first-order valence-corrected chi connectivity index (χ1v) is 4.56. The van der Waals surface area contributed by atoms with Crippen molar-refractivity contribution in [2.75, 3.05) is 12.8 Å². The van der Waals surface area contributed by atoms with E-state index in [0.717, 1.165) is 0 Å². The number of rotatable bonds is 3. The Kier molecular flexibility index (Phi) is 2.61. The highest BCUT2D eigenvalue weighted by atomic mass is 16.5. The van der Waals surface area contributed by atoms with Gasteiger partial charge in [-0.1, -0.05) is 0 Å². The van der Waals surface area contributed by atoms with Gasteiger partial charge in [0.2, 0.25) is 5.88 Å². The van der Waals surface area contributed by atoms with Crippen LogP contribution < -0.4 is 10.5 Å². The van der Waals surface area contributed by atoms with Crippen LogP contribution in [0.2, 0.25) is 0 Å². The molecule has 0 aromatic carbocycles. The second-order valence-electron chi connectivity index (χ2n) is 3.10. The number of anilines is 1. The number of hydrogen-bond donors (Lipinski definition) is 2. The van der Waals surface area contributed by atoms with Crippen molar-refractivity contribution in [3.63, 3.8) is 0 Å². The standard InChI is InChI=1S/C9H9N5O3/c1-17-7-3-11-2-6(12-7)14-4-5(10)8(13-14)9(15)16/h2-4H,10H2,1H3,(H,15,16). The van der Waals surface area contributed by atoms with Crippen molar-refractivity contribution in [2.45, 2.75) is 0 Å². The molecule has 2 aromatic rings. The highest BCUT2D eigenvalue weighted by Crippen LogP contribution is 2.13. The van der Waals surface area contributed by atoms with Crippen LogP contribution in [0.5, 0.6) is 5.88 Å². The van der Waals surface area contributed by atoms with Gasteiger partial charge >= 0.3 is 5.97 Å². The molecule has 8 heteroatoms. The summed E-state index contributed by atoms with van der Waals surface area (Å²) >= 11 is 0. The molecule has 17 heavy (non-hydrogen) atoms. The summed E-state index contributed by atoms with van der Waals surface area (Å²) in [7, 11) is 1.45. The molecule has 0 bridgehead atoms. The molecular formula is C9H9N5O3. The van der Waals surface area contributed by atoms with Crippen LogP contribution in [-0.4, -0.2) is 37.9 Å². The number of hydrogen-bond acceptors (Lipinski definition) is 6. The van der Waals surface area contributed by atoms with Crippen LogP contribution in [0, 0.1) is 0 Å². The molecule has 2 heterocycles. The quantitative estimate of drug-likeness (QED) is 0.766. The normalized spacial score (nSPS) is 10.2. The lowest BCUT2D eigenvalue weighted by Crippen LogP contribution is -2.04. The van der Waals surface area contributed by atoms with Crippen LogP contribution in [-0.2, 0) is 0 Å². The smallest absolute Gasteiger partial charge is 0.358 e. The lowest BCUT2D eigenvalue weighted by atomic mass is 10.4. The van der Waals surface area contributed by atoms with Gasteiger partial charge in [0.25, 0.3) is 0 Å². The van der Waals surface area contributed by atoms with Crippen LogP contribution in [0.1, 0.15) is 10.5 Å². The van der Waals surface area contributed by atoms with E-state index in [1.54, 1.807) is 0 Å². The molecule has 0 saturated carbocycles. The molecule has 0 saturated heterocycles. The molecule has 0 amide bonds. The molecule has 0 aliphatic carbocycles. The fourth-order valence-electron chi connectivity index (χ4n) is 1.22. The predicted octanol–water partition coefficient (Wildman–Crippen LogP) is -0.0487. The van der Waals surface area contributed by atoms with E-state index in [-0.39, 0.29) is 11.4 Å². The molecule has 88 valence electrons. The van der Waals surface area contributed by atoms with E-state index in [9.17, 15) is 4.79 Å². The van der Waals surface area contributed by atoms with E-state index in [1.165, 1.54) is 30.4 Å². The second kappa shape index (κ2) is 4.08. The van der Waals surface area contributed by atoms with E-state index in [0.29, 0.717) is 11.7 Å². The summed E-state index contributed by atoms with van der Waals surface area (Å²) in [5, 5.41) is 12.6. The van der Waals surface area contributed by atoms with Crippen molar-refractivity contribution in [1.29, 1.82) is 0 Å². The van der Waals surface area contributed by atoms with E-state index in [4.69, 9.17) is 15.6 Å². The van der Waals surface area contributed by atoms with Gasteiger partial charge < -0.3 is 15.6 Å². The van der Waals surface area contributed by atoms with Crippen molar-refractivity contribution >= 4 is 11.7 Å². The molecule has 0 fully saturated rings. The number of carbonyl (C=O) groups is 1. The summed E-state index contributed by atoms with van der Waals surface area (Å²) in [5.74, 6) is -0.575. The Morgan fingerprint density at radius 2 is 2.29 bits per heavy atom. The average Bonchev–Trinajstić information content (AvgIpc) is 2.71. The van der Waals surface area contributed by atoms with Gasteiger partial charge in [-0.3, -0.25) is 4.98 Å². The van der Waals surface area contributed by atoms with Crippen molar-refractivity contribution in [1.82, 2.24) is 19.7 Å². The molecule has 2 rings (SSSR count).